The maximum Gasteiger partial charge on any atom is 0.261 e. The fraction of sp³-hybridized carbons (Fsp3) is 0.435. The summed E-state index contributed by atoms with van der Waals surface area (Å²) in [6.45, 7) is 12.3. The van der Waals surface area contributed by atoms with Crippen molar-refractivity contribution in [3.63, 3.8) is 0 Å². The molecule has 0 saturated heterocycles. The largest absolute Gasteiger partial charge is 0.480 e. The Balaban J connectivity index is 2.12. The number of hydrogen-bond acceptors (Lipinski definition) is 2. The van der Waals surface area contributed by atoms with Crippen molar-refractivity contribution in [2.24, 2.45) is 0 Å². The van der Waals surface area contributed by atoms with Crippen LogP contribution in [0.15, 0.2) is 36.4 Å². The average Bonchev–Trinajstić information content (AvgIpc) is 2.61. The Labute approximate surface area is 157 Å². The molecule has 2 aromatic carbocycles. The Kier molecular flexibility index (Phi) is 6.84. The number of ether oxygens (including phenoxy) is 1. The second kappa shape index (κ2) is 8.88. The monoisotopic (exact) mass is 353 g/mol. The second-order valence-electron chi connectivity index (χ2n) is 7.10. The molecule has 0 spiro atoms. The molecule has 3 heteroatoms. The summed E-state index contributed by atoms with van der Waals surface area (Å²) in [6, 6.07) is 12.4. The Morgan fingerprint density at radius 3 is 2.23 bits per heavy atom. The third-order valence-electron chi connectivity index (χ3n) is 4.92. The van der Waals surface area contributed by atoms with Gasteiger partial charge < -0.3 is 10.1 Å². The van der Waals surface area contributed by atoms with Crippen LogP contribution < -0.4 is 10.1 Å². The molecule has 1 amide bonds. The van der Waals surface area contributed by atoms with Crippen LogP contribution in [0.3, 0.4) is 0 Å². The van der Waals surface area contributed by atoms with E-state index in [1.807, 2.05) is 26.0 Å². The third kappa shape index (κ3) is 4.87. The van der Waals surface area contributed by atoms with Gasteiger partial charge in [-0.2, -0.15) is 0 Å². The van der Waals surface area contributed by atoms with Crippen LogP contribution in [-0.4, -0.2) is 12.0 Å². The van der Waals surface area contributed by atoms with Crippen molar-refractivity contribution in [3.8, 4) is 5.75 Å². The van der Waals surface area contributed by atoms with Crippen LogP contribution in [0.25, 0.3) is 0 Å². The van der Waals surface area contributed by atoms with Gasteiger partial charge in [0.05, 0.1) is 6.04 Å². The van der Waals surface area contributed by atoms with E-state index >= 15 is 0 Å². The molecule has 26 heavy (non-hydrogen) atoms. The van der Waals surface area contributed by atoms with E-state index in [-0.39, 0.29) is 11.9 Å². The van der Waals surface area contributed by atoms with Crippen LogP contribution >= 0.6 is 0 Å². The number of carbonyl (C=O) groups is 1. The van der Waals surface area contributed by atoms with Crippen molar-refractivity contribution < 1.29 is 9.53 Å². The number of benzene rings is 2. The summed E-state index contributed by atoms with van der Waals surface area (Å²) < 4.78 is 6.02. The molecule has 0 saturated carbocycles. The van der Waals surface area contributed by atoms with Gasteiger partial charge in [0.25, 0.3) is 5.91 Å². The highest BCUT2D eigenvalue weighted by atomic mass is 16.5. The first-order chi connectivity index (χ1) is 12.3. The number of nitrogens with one attached hydrogen (secondary N) is 1. The highest BCUT2D eigenvalue weighted by Gasteiger charge is 2.22. The van der Waals surface area contributed by atoms with Crippen molar-refractivity contribution >= 4 is 5.91 Å². The summed E-state index contributed by atoms with van der Waals surface area (Å²) >= 11 is 0. The molecule has 0 unspecified atom stereocenters. The molecular formula is C23H31NO2. The Bertz CT molecular complexity index is 767. The molecule has 0 fully saturated rings. The highest BCUT2D eigenvalue weighted by Crippen LogP contribution is 2.23. The summed E-state index contributed by atoms with van der Waals surface area (Å²) in [5, 5.41) is 3.17. The maximum absolute atomic E-state index is 12.8. The third-order valence-corrected chi connectivity index (χ3v) is 4.92. The fourth-order valence-electron chi connectivity index (χ4n) is 3.07. The lowest BCUT2D eigenvalue weighted by atomic mass is 9.99. The molecule has 140 valence electrons. The minimum absolute atomic E-state index is 0.00133. The predicted molar refractivity (Wildman–Crippen MR) is 108 cm³/mol. The molecule has 1 N–H and O–H groups in total. The molecule has 3 nitrogen and oxygen atoms in total. The predicted octanol–water partition coefficient (Wildman–Crippen LogP) is 5.35. The topological polar surface area (TPSA) is 38.3 Å². The lowest BCUT2D eigenvalue weighted by Gasteiger charge is -2.23. The van der Waals surface area contributed by atoms with Crippen LogP contribution in [0.2, 0.25) is 0 Å². The molecule has 2 atom stereocenters. The van der Waals surface area contributed by atoms with E-state index in [2.05, 4.69) is 57.3 Å². The second-order valence-corrected chi connectivity index (χ2v) is 7.10. The first kappa shape index (κ1) is 20.0. The lowest BCUT2D eigenvalue weighted by Crippen LogP contribution is -2.40. The Hall–Kier alpha value is -2.29. The van der Waals surface area contributed by atoms with Crippen LogP contribution in [0, 0.1) is 27.7 Å². The normalized spacial score (nSPS) is 13.2. The van der Waals surface area contributed by atoms with Gasteiger partial charge in [0.2, 0.25) is 0 Å². The number of aryl methyl sites for hydroxylation is 4. The standard InChI is InChI=1S/C23H31NO2/c1-7-20(19-11-10-16(4)17(5)14-19)24-23(25)21(8-2)26-22-12-9-15(3)13-18(22)6/h9-14,20-21H,7-8H2,1-6H3,(H,24,25)/t20-,21+/m0/s1. The minimum atomic E-state index is -0.489. The van der Waals surface area contributed by atoms with E-state index in [0.29, 0.717) is 6.42 Å². The van der Waals surface area contributed by atoms with Crippen molar-refractivity contribution in [1.29, 1.82) is 0 Å². The van der Waals surface area contributed by atoms with E-state index < -0.39 is 6.10 Å². The van der Waals surface area contributed by atoms with E-state index in [9.17, 15) is 4.79 Å². The fourth-order valence-corrected chi connectivity index (χ4v) is 3.07. The molecule has 0 aliphatic carbocycles. The van der Waals surface area contributed by atoms with Crippen molar-refractivity contribution in [1.82, 2.24) is 5.32 Å². The average molecular weight is 354 g/mol. The van der Waals surface area contributed by atoms with Gasteiger partial charge in [-0.3, -0.25) is 4.79 Å². The molecule has 2 aromatic rings. The van der Waals surface area contributed by atoms with Crippen LogP contribution in [0.5, 0.6) is 5.75 Å². The molecule has 0 radical (unpaired) electrons. The van der Waals surface area contributed by atoms with Gasteiger partial charge in [0.1, 0.15) is 5.75 Å². The van der Waals surface area contributed by atoms with Gasteiger partial charge in [-0.15, -0.1) is 0 Å². The van der Waals surface area contributed by atoms with Crippen molar-refractivity contribution in [3.05, 3.63) is 64.2 Å². The van der Waals surface area contributed by atoms with E-state index in [4.69, 9.17) is 4.74 Å². The number of amides is 1. The summed E-state index contributed by atoms with van der Waals surface area (Å²) in [4.78, 5) is 12.8. The zero-order valence-corrected chi connectivity index (χ0v) is 16.8. The molecule has 0 aliphatic heterocycles. The quantitative estimate of drug-likeness (QED) is 0.729. The first-order valence-corrected chi connectivity index (χ1v) is 9.47. The van der Waals surface area contributed by atoms with Gasteiger partial charge in [0.15, 0.2) is 6.10 Å². The van der Waals surface area contributed by atoms with Crippen molar-refractivity contribution in [2.75, 3.05) is 0 Å². The number of hydrogen-bond donors (Lipinski definition) is 1. The maximum atomic E-state index is 12.8. The van der Waals surface area contributed by atoms with Gasteiger partial charge in [0, 0.05) is 0 Å². The van der Waals surface area contributed by atoms with Crippen LogP contribution in [0.1, 0.15) is 60.5 Å². The molecule has 0 aromatic heterocycles. The summed E-state index contributed by atoms with van der Waals surface area (Å²) in [5.41, 5.74) is 5.89. The van der Waals surface area contributed by atoms with Crippen LogP contribution in [-0.2, 0) is 4.79 Å². The Morgan fingerprint density at radius 2 is 1.65 bits per heavy atom. The van der Waals surface area contributed by atoms with Crippen LogP contribution in [0.4, 0.5) is 0 Å². The molecule has 0 heterocycles. The molecule has 0 aliphatic rings. The highest BCUT2D eigenvalue weighted by molar-refractivity contribution is 5.81. The zero-order chi connectivity index (χ0) is 19.3. The zero-order valence-electron chi connectivity index (χ0n) is 16.8. The molecule has 2 rings (SSSR count). The lowest BCUT2D eigenvalue weighted by molar-refractivity contribution is -0.129. The van der Waals surface area contributed by atoms with Gasteiger partial charge >= 0.3 is 0 Å². The van der Waals surface area contributed by atoms with E-state index in [1.165, 1.54) is 16.7 Å². The van der Waals surface area contributed by atoms with E-state index in [0.717, 1.165) is 23.3 Å². The SMILES string of the molecule is CC[C@H](NC(=O)[C@@H](CC)Oc1ccc(C)cc1C)c1ccc(C)c(C)c1. The summed E-state index contributed by atoms with van der Waals surface area (Å²) in [5.74, 6) is 0.717. The molecule has 0 bridgehead atoms. The van der Waals surface area contributed by atoms with Gasteiger partial charge in [-0.25, -0.2) is 0 Å². The van der Waals surface area contributed by atoms with E-state index in [1.54, 1.807) is 0 Å². The Morgan fingerprint density at radius 1 is 0.923 bits per heavy atom. The van der Waals surface area contributed by atoms with Crippen molar-refractivity contribution in [2.45, 2.75) is 66.5 Å². The number of carbonyl (C=O) groups excluding carboxylic acids is 1. The summed E-state index contributed by atoms with van der Waals surface area (Å²) in [6.07, 6.45) is 0.980. The van der Waals surface area contributed by atoms with Gasteiger partial charge in [-0.05, 0) is 68.9 Å². The smallest absolute Gasteiger partial charge is 0.261 e. The first-order valence-electron chi connectivity index (χ1n) is 9.47. The van der Waals surface area contributed by atoms with Gasteiger partial charge in [-0.1, -0.05) is 49.7 Å². The number of rotatable bonds is 7. The molecular weight excluding hydrogens is 322 g/mol. The summed E-state index contributed by atoms with van der Waals surface area (Å²) in [7, 11) is 0. The minimum Gasteiger partial charge on any atom is -0.480 e.